The third-order valence-corrected chi connectivity index (χ3v) is 3.74. The first-order chi connectivity index (χ1) is 11.1. The number of halogens is 1. The summed E-state index contributed by atoms with van der Waals surface area (Å²) < 4.78 is 6.17. The van der Waals surface area contributed by atoms with Gasteiger partial charge < -0.3 is 4.74 Å². The number of allylic oxidation sites excluding steroid dienone is 2. The van der Waals surface area contributed by atoms with E-state index in [2.05, 4.69) is 20.9 Å². The minimum Gasteiger partial charge on any atom is -0.402 e. The smallest absolute Gasteiger partial charge is 0.363 e. The number of rotatable bonds is 3. The molecule has 0 aliphatic carbocycles. The summed E-state index contributed by atoms with van der Waals surface area (Å²) >= 11 is 3.40. The first-order valence-electron chi connectivity index (χ1n) is 7.14. The van der Waals surface area contributed by atoms with Gasteiger partial charge in [0.15, 0.2) is 5.70 Å². The van der Waals surface area contributed by atoms with Crippen LogP contribution in [0.3, 0.4) is 0 Å². The van der Waals surface area contributed by atoms with Gasteiger partial charge in [-0.3, -0.25) is 0 Å². The van der Waals surface area contributed by atoms with Crippen molar-refractivity contribution >= 4 is 33.9 Å². The number of nitrogens with zero attached hydrogens (tertiary/aromatic N) is 1. The maximum atomic E-state index is 12.0. The Morgan fingerprint density at radius 2 is 1.91 bits per heavy atom. The number of aliphatic imine (C=N–C) groups is 1. The first-order valence-corrected chi connectivity index (χ1v) is 7.93. The van der Waals surface area contributed by atoms with Gasteiger partial charge in [-0.15, -0.1) is 0 Å². The molecule has 0 amide bonds. The largest absolute Gasteiger partial charge is 0.402 e. The topological polar surface area (TPSA) is 38.7 Å². The monoisotopic (exact) mass is 367 g/mol. The molecular weight excluding hydrogens is 354 g/mol. The van der Waals surface area contributed by atoms with Crippen molar-refractivity contribution in [3.63, 3.8) is 0 Å². The third kappa shape index (κ3) is 3.85. The molecule has 0 saturated heterocycles. The number of carbonyl (C=O) groups excluding carboxylic acids is 1. The van der Waals surface area contributed by atoms with Crippen LogP contribution in [0.1, 0.15) is 18.1 Å². The lowest BCUT2D eigenvalue weighted by Crippen LogP contribution is -2.05. The van der Waals surface area contributed by atoms with Gasteiger partial charge >= 0.3 is 5.97 Å². The van der Waals surface area contributed by atoms with Crippen LogP contribution >= 0.6 is 15.9 Å². The van der Waals surface area contributed by atoms with E-state index < -0.39 is 5.97 Å². The predicted octanol–water partition coefficient (Wildman–Crippen LogP) is 4.74. The van der Waals surface area contributed by atoms with Crippen molar-refractivity contribution in [2.45, 2.75) is 6.92 Å². The van der Waals surface area contributed by atoms with E-state index >= 15 is 0 Å². The normalized spacial score (nSPS) is 16.4. The molecule has 3 nitrogen and oxygen atoms in total. The molecule has 1 aliphatic rings. The third-order valence-electron chi connectivity index (χ3n) is 3.25. The molecule has 0 atom stereocenters. The van der Waals surface area contributed by atoms with Gasteiger partial charge in [0, 0.05) is 10.0 Å². The molecule has 4 heteroatoms. The summed E-state index contributed by atoms with van der Waals surface area (Å²) in [5.41, 5.74) is 3.08. The molecule has 1 heterocycles. The Morgan fingerprint density at radius 3 is 2.65 bits per heavy atom. The van der Waals surface area contributed by atoms with Crippen molar-refractivity contribution in [2.75, 3.05) is 0 Å². The van der Waals surface area contributed by atoms with E-state index in [9.17, 15) is 4.79 Å². The Labute approximate surface area is 143 Å². The lowest BCUT2D eigenvalue weighted by atomic mass is 10.1. The maximum Gasteiger partial charge on any atom is 0.363 e. The second-order valence-electron chi connectivity index (χ2n) is 5.15. The summed E-state index contributed by atoms with van der Waals surface area (Å²) in [6, 6.07) is 17.4. The van der Waals surface area contributed by atoms with Crippen molar-refractivity contribution in [2.24, 2.45) is 4.99 Å². The highest BCUT2D eigenvalue weighted by molar-refractivity contribution is 9.10. The Hall–Kier alpha value is -2.46. The summed E-state index contributed by atoms with van der Waals surface area (Å²) in [7, 11) is 0. The van der Waals surface area contributed by atoms with E-state index in [-0.39, 0.29) is 0 Å². The molecule has 114 valence electrons. The van der Waals surface area contributed by atoms with Crippen molar-refractivity contribution in [3.05, 3.63) is 87.5 Å². The standard InChI is InChI=1S/C19H14BrNO2/c1-13(10-14-6-3-2-4-7-14)11-17-19(22)23-18(21-17)15-8-5-9-16(20)12-15/h2-12H,1H3. The predicted molar refractivity (Wildman–Crippen MR) is 94.9 cm³/mol. The molecular formula is C19H14BrNO2. The Morgan fingerprint density at radius 1 is 1.13 bits per heavy atom. The second kappa shape index (κ2) is 6.75. The summed E-state index contributed by atoms with van der Waals surface area (Å²) in [5, 5.41) is 0. The summed E-state index contributed by atoms with van der Waals surface area (Å²) in [4.78, 5) is 16.3. The zero-order chi connectivity index (χ0) is 16.2. The highest BCUT2D eigenvalue weighted by Gasteiger charge is 2.24. The molecule has 0 aromatic heterocycles. The van der Waals surface area contributed by atoms with Crippen LogP contribution in [0.2, 0.25) is 0 Å². The van der Waals surface area contributed by atoms with E-state index in [1.807, 2.05) is 67.6 Å². The number of hydrogen-bond donors (Lipinski definition) is 0. The van der Waals surface area contributed by atoms with E-state index in [0.717, 1.165) is 21.2 Å². The van der Waals surface area contributed by atoms with Crippen LogP contribution in [0.25, 0.3) is 6.08 Å². The number of hydrogen-bond acceptors (Lipinski definition) is 3. The van der Waals surface area contributed by atoms with Crippen LogP contribution in [0.4, 0.5) is 0 Å². The van der Waals surface area contributed by atoms with E-state index in [1.165, 1.54) is 0 Å². The van der Waals surface area contributed by atoms with Crippen LogP contribution in [-0.4, -0.2) is 11.9 Å². The van der Waals surface area contributed by atoms with Gasteiger partial charge in [0.2, 0.25) is 5.90 Å². The first kappa shape index (κ1) is 15.4. The van der Waals surface area contributed by atoms with Gasteiger partial charge in [0.05, 0.1) is 0 Å². The maximum absolute atomic E-state index is 12.0. The quantitative estimate of drug-likeness (QED) is 0.580. The highest BCUT2D eigenvalue weighted by atomic mass is 79.9. The summed E-state index contributed by atoms with van der Waals surface area (Å²) in [5.74, 6) is -0.101. The van der Waals surface area contributed by atoms with E-state index in [1.54, 1.807) is 6.08 Å². The molecule has 1 aliphatic heterocycles. The molecule has 0 spiro atoms. The Bertz CT molecular complexity index is 835. The number of ether oxygens (including phenoxy) is 1. The zero-order valence-electron chi connectivity index (χ0n) is 12.5. The van der Waals surface area contributed by atoms with Gasteiger partial charge in [-0.05, 0) is 42.3 Å². The zero-order valence-corrected chi connectivity index (χ0v) is 14.1. The Balaban J connectivity index is 1.88. The molecule has 2 aromatic rings. The molecule has 3 rings (SSSR count). The fraction of sp³-hybridized carbons (Fsp3) is 0.0526. The number of cyclic esters (lactones) is 1. The molecule has 23 heavy (non-hydrogen) atoms. The fourth-order valence-electron chi connectivity index (χ4n) is 2.22. The molecule has 0 unspecified atom stereocenters. The lowest BCUT2D eigenvalue weighted by molar-refractivity contribution is -0.130. The molecule has 0 fully saturated rings. The van der Waals surface area contributed by atoms with E-state index in [4.69, 9.17) is 4.74 Å². The minimum absolute atomic E-state index is 0.310. The fourth-order valence-corrected chi connectivity index (χ4v) is 2.62. The molecule has 0 N–H and O–H groups in total. The van der Waals surface area contributed by atoms with Gasteiger partial charge in [-0.2, -0.15) is 0 Å². The summed E-state index contributed by atoms with van der Waals surface area (Å²) in [6.07, 6.45) is 3.73. The van der Waals surface area contributed by atoms with Crippen molar-refractivity contribution in [1.82, 2.24) is 0 Å². The second-order valence-corrected chi connectivity index (χ2v) is 6.06. The van der Waals surface area contributed by atoms with E-state index in [0.29, 0.717) is 11.6 Å². The molecule has 0 saturated carbocycles. The van der Waals surface area contributed by atoms with Crippen LogP contribution < -0.4 is 0 Å². The van der Waals surface area contributed by atoms with Crippen LogP contribution in [0.5, 0.6) is 0 Å². The minimum atomic E-state index is -0.430. The van der Waals surface area contributed by atoms with Gasteiger partial charge in [-0.1, -0.05) is 58.4 Å². The van der Waals surface area contributed by atoms with Crippen molar-refractivity contribution < 1.29 is 9.53 Å². The lowest BCUT2D eigenvalue weighted by Gasteiger charge is -1.99. The molecule has 2 aromatic carbocycles. The van der Waals surface area contributed by atoms with Gasteiger partial charge in [0.25, 0.3) is 0 Å². The average molecular weight is 368 g/mol. The van der Waals surface area contributed by atoms with Crippen LogP contribution in [0, 0.1) is 0 Å². The van der Waals surface area contributed by atoms with Crippen molar-refractivity contribution in [3.8, 4) is 0 Å². The molecule has 0 bridgehead atoms. The molecule has 0 radical (unpaired) electrons. The van der Waals surface area contributed by atoms with Crippen molar-refractivity contribution in [1.29, 1.82) is 0 Å². The SMILES string of the molecule is CC(=Cc1ccccc1)C=C1N=C(c2cccc(Br)c2)OC1=O. The number of benzene rings is 2. The van der Waals surface area contributed by atoms with Crippen LogP contribution in [0.15, 0.2) is 81.4 Å². The average Bonchev–Trinajstić information content (AvgIpc) is 2.89. The summed E-state index contributed by atoms with van der Waals surface area (Å²) in [6.45, 7) is 1.93. The van der Waals surface area contributed by atoms with Crippen LogP contribution in [-0.2, 0) is 9.53 Å². The highest BCUT2D eigenvalue weighted by Crippen LogP contribution is 2.20. The number of esters is 1. The number of carbonyl (C=O) groups is 1. The Kier molecular flexibility index (Phi) is 4.53. The van der Waals surface area contributed by atoms with Gasteiger partial charge in [0.1, 0.15) is 0 Å². The van der Waals surface area contributed by atoms with Gasteiger partial charge in [-0.25, -0.2) is 9.79 Å².